The first-order valence-electron chi connectivity index (χ1n) is 7.37. The maximum atomic E-state index is 3.46. The van der Waals surface area contributed by atoms with Gasteiger partial charge in [-0.3, -0.25) is 4.90 Å². The van der Waals surface area contributed by atoms with E-state index in [0.717, 1.165) is 5.92 Å². The van der Waals surface area contributed by atoms with E-state index in [4.69, 9.17) is 0 Å². The number of piperazine rings is 1. The quantitative estimate of drug-likeness (QED) is 0.801. The van der Waals surface area contributed by atoms with Gasteiger partial charge in [0.15, 0.2) is 0 Å². The minimum atomic E-state index is 0. The minimum absolute atomic E-state index is 0. The first-order chi connectivity index (χ1) is 8.27. The number of allylic oxidation sites excluding steroid dienone is 1. The van der Waals surface area contributed by atoms with Crippen molar-refractivity contribution in [2.45, 2.75) is 52.0 Å². The van der Waals surface area contributed by atoms with Crippen LogP contribution in [0.2, 0.25) is 0 Å². The van der Waals surface area contributed by atoms with Gasteiger partial charge in [0.1, 0.15) is 0 Å². The lowest BCUT2D eigenvalue weighted by atomic mass is 9.82. The first kappa shape index (κ1) is 19.2. The monoisotopic (exact) mass is 308 g/mol. The van der Waals surface area contributed by atoms with E-state index in [-0.39, 0.29) is 24.8 Å². The Morgan fingerprint density at radius 3 is 2.16 bits per heavy atom. The highest BCUT2D eigenvalue weighted by molar-refractivity contribution is 5.85. The molecule has 1 unspecified atom stereocenters. The molecule has 1 aliphatic heterocycles. The van der Waals surface area contributed by atoms with Gasteiger partial charge < -0.3 is 5.32 Å². The van der Waals surface area contributed by atoms with Crippen molar-refractivity contribution in [3.8, 4) is 0 Å². The van der Waals surface area contributed by atoms with Crippen molar-refractivity contribution >= 4 is 24.8 Å². The summed E-state index contributed by atoms with van der Waals surface area (Å²) in [5.74, 6) is 0.914. The Morgan fingerprint density at radius 2 is 1.63 bits per heavy atom. The molecular formula is C15H30Cl2N2. The predicted molar refractivity (Wildman–Crippen MR) is 88.7 cm³/mol. The van der Waals surface area contributed by atoms with E-state index in [2.05, 4.69) is 30.1 Å². The fourth-order valence-corrected chi connectivity index (χ4v) is 3.34. The van der Waals surface area contributed by atoms with Gasteiger partial charge in [-0.05, 0) is 32.6 Å². The number of hydrogen-bond acceptors (Lipinski definition) is 2. The molecule has 114 valence electrons. The molecule has 1 saturated carbocycles. The molecule has 0 bridgehead atoms. The van der Waals surface area contributed by atoms with Crippen LogP contribution < -0.4 is 5.32 Å². The summed E-state index contributed by atoms with van der Waals surface area (Å²) in [4.78, 5) is 2.71. The van der Waals surface area contributed by atoms with Crippen LogP contribution in [-0.2, 0) is 0 Å². The maximum Gasteiger partial charge on any atom is 0.0309 e. The SMILES string of the molecule is CC(C)=CC(C1CCCCC1)N1CCNCC1.Cl.Cl. The zero-order valence-corrected chi connectivity index (χ0v) is 14.0. The molecule has 2 aliphatic rings. The van der Waals surface area contributed by atoms with Crippen LogP contribution in [0.4, 0.5) is 0 Å². The summed E-state index contributed by atoms with van der Waals surface area (Å²) in [6, 6.07) is 0.711. The summed E-state index contributed by atoms with van der Waals surface area (Å²) in [5, 5.41) is 3.46. The maximum absolute atomic E-state index is 3.46. The summed E-state index contributed by atoms with van der Waals surface area (Å²) in [7, 11) is 0. The highest BCUT2D eigenvalue weighted by Gasteiger charge is 2.27. The van der Waals surface area contributed by atoms with Gasteiger partial charge in [-0.15, -0.1) is 24.8 Å². The van der Waals surface area contributed by atoms with Gasteiger partial charge in [0.05, 0.1) is 0 Å². The topological polar surface area (TPSA) is 15.3 Å². The third-order valence-electron chi connectivity index (χ3n) is 4.21. The molecule has 1 N–H and O–H groups in total. The lowest BCUT2D eigenvalue weighted by Crippen LogP contribution is -2.50. The van der Waals surface area contributed by atoms with Crippen LogP contribution in [0, 0.1) is 5.92 Å². The first-order valence-corrected chi connectivity index (χ1v) is 7.37. The zero-order chi connectivity index (χ0) is 12.1. The third-order valence-corrected chi connectivity index (χ3v) is 4.21. The van der Waals surface area contributed by atoms with E-state index in [1.807, 2.05) is 0 Å². The fraction of sp³-hybridized carbons (Fsp3) is 0.867. The molecule has 0 spiro atoms. The Morgan fingerprint density at radius 1 is 1.05 bits per heavy atom. The van der Waals surface area contributed by atoms with Crippen molar-refractivity contribution in [3.05, 3.63) is 11.6 Å². The standard InChI is InChI=1S/C15H28N2.2ClH/c1-13(2)12-15(14-6-4-3-5-7-14)17-10-8-16-9-11-17;;/h12,14-16H,3-11H2,1-2H3;2*1H. The number of hydrogen-bond donors (Lipinski definition) is 1. The molecule has 1 heterocycles. The molecule has 2 nitrogen and oxygen atoms in total. The third kappa shape index (κ3) is 6.03. The van der Waals surface area contributed by atoms with Crippen LogP contribution in [0.5, 0.6) is 0 Å². The van der Waals surface area contributed by atoms with Crippen LogP contribution >= 0.6 is 24.8 Å². The Hall–Kier alpha value is 0.240. The molecule has 1 aliphatic carbocycles. The van der Waals surface area contributed by atoms with Gasteiger partial charge in [-0.25, -0.2) is 0 Å². The second-order valence-electron chi connectivity index (χ2n) is 5.92. The molecule has 1 saturated heterocycles. The van der Waals surface area contributed by atoms with Gasteiger partial charge in [0.25, 0.3) is 0 Å². The summed E-state index contributed by atoms with van der Waals surface area (Å²) < 4.78 is 0. The van der Waals surface area contributed by atoms with Gasteiger partial charge in [-0.2, -0.15) is 0 Å². The van der Waals surface area contributed by atoms with Crippen molar-refractivity contribution in [2.24, 2.45) is 5.92 Å². The zero-order valence-electron chi connectivity index (χ0n) is 12.4. The Balaban J connectivity index is 0.00000162. The molecule has 0 radical (unpaired) electrons. The lowest BCUT2D eigenvalue weighted by molar-refractivity contribution is 0.133. The summed E-state index contributed by atoms with van der Waals surface area (Å²) in [5.41, 5.74) is 1.49. The van der Waals surface area contributed by atoms with Crippen LogP contribution in [-0.4, -0.2) is 37.1 Å². The van der Waals surface area contributed by atoms with E-state index < -0.39 is 0 Å². The molecule has 4 heteroatoms. The van der Waals surface area contributed by atoms with Crippen molar-refractivity contribution in [1.29, 1.82) is 0 Å². The van der Waals surface area contributed by atoms with Gasteiger partial charge in [-0.1, -0.05) is 30.9 Å². The largest absolute Gasteiger partial charge is 0.314 e. The number of nitrogens with one attached hydrogen (secondary N) is 1. The minimum Gasteiger partial charge on any atom is -0.314 e. The summed E-state index contributed by atoms with van der Waals surface area (Å²) >= 11 is 0. The van der Waals surface area contributed by atoms with Crippen LogP contribution in [0.15, 0.2) is 11.6 Å². The van der Waals surface area contributed by atoms with E-state index in [1.54, 1.807) is 0 Å². The van der Waals surface area contributed by atoms with Gasteiger partial charge in [0, 0.05) is 32.2 Å². The highest BCUT2D eigenvalue weighted by atomic mass is 35.5. The van der Waals surface area contributed by atoms with Crippen molar-refractivity contribution in [2.75, 3.05) is 26.2 Å². The average Bonchev–Trinajstić information content (AvgIpc) is 2.38. The average molecular weight is 309 g/mol. The normalized spacial score (nSPS) is 22.8. The lowest BCUT2D eigenvalue weighted by Gasteiger charge is -2.39. The Labute approximate surface area is 131 Å². The molecule has 0 aromatic carbocycles. The Kier molecular flexibility index (Phi) is 10.2. The molecular weight excluding hydrogens is 279 g/mol. The van der Waals surface area contributed by atoms with Gasteiger partial charge >= 0.3 is 0 Å². The molecule has 0 aromatic rings. The highest BCUT2D eigenvalue weighted by Crippen LogP contribution is 2.30. The summed E-state index contributed by atoms with van der Waals surface area (Å²) in [6.07, 6.45) is 9.77. The molecule has 2 rings (SSSR count). The van der Waals surface area contributed by atoms with E-state index in [9.17, 15) is 0 Å². The smallest absolute Gasteiger partial charge is 0.0309 e. The van der Waals surface area contributed by atoms with E-state index in [0.29, 0.717) is 6.04 Å². The van der Waals surface area contributed by atoms with Crippen molar-refractivity contribution in [1.82, 2.24) is 10.2 Å². The van der Waals surface area contributed by atoms with Crippen molar-refractivity contribution in [3.63, 3.8) is 0 Å². The summed E-state index contributed by atoms with van der Waals surface area (Å²) in [6.45, 7) is 9.28. The number of nitrogens with zero attached hydrogens (tertiary/aromatic N) is 1. The van der Waals surface area contributed by atoms with E-state index in [1.165, 1.54) is 63.9 Å². The van der Waals surface area contributed by atoms with Crippen LogP contribution in [0.25, 0.3) is 0 Å². The van der Waals surface area contributed by atoms with Crippen LogP contribution in [0.3, 0.4) is 0 Å². The predicted octanol–water partition coefficient (Wildman–Crippen LogP) is 3.65. The number of rotatable bonds is 3. The molecule has 0 amide bonds. The van der Waals surface area contributed by atoms with Gasteiger partial charge in [0.2, 0.25) is 0 Å². The second kappa shape index (κ2) is 10.0. The number of halogens is 2. The van der Waals surface area contributed by atoms with E-state index >= 15 is 0 Å². The molecule has 2 fully saturated rings. The Bertz CT molecular complexity index is 235. The molecule has 1 atom stereocenters. The fourth-order valence-electron chi connectivity index (χ4n) is 3.34. The van der Waals surface area contributed by atoms with Crippen molar-refractivity contribution < 1.29 is 0 Å². The molecule has 19 heavy (non-hydrogen) atoms. The molecule has 0 aromatic heterocycles. The van der Waals surface area contributed by atoms with Crippen LogP contribution in [0.1, 0.15) is 46.0 Å². The second-order valence-corrected chi connectivity index (χ2v) is 5.92.